The molecule has 154 valence electrons. The van der Waals surface area contributed by atoms with Gasteiger partial charge in [0.25, 0.3) is 0 Å². The predicted molar refractivity (Wildman–Crippen MR) is 111 cm³/mol. The summed E-state index contributed by atoms with van der Waals surface area (Å²) in [5, 5.41) is 0.551. The molecule has 1 aliphatic heterocycles. The normalized spacial score (nSPS) is 24.9. The van der Waals surface area contributed by atoms with Crippen LogP contribution in [0, 0.1) is 0 Å². The maximum Gasteiger partial charge on any atom is 0.192 e. The van der Waals surface area contributed by atoms with Crippen molar-refractivity contribution in [2.24, 2.45) is 0 Å². The Morgan fingerprint density at radius 1 is 1.37 bits per heavy atom. The zero-order chi connectivity index (χ0) is 20.5. The molecular formula is C20H34ClNO4Si. The van der Waals surface area contributed by atoms with Gasteiger partial charge < -0.3 is 18.6 Å². The van der Waals surface area contributed by atoms with E-state index in [2.05, 4.69) is 38.8 Å². The summed E-state index contributed by atoms with van der Waals surface area (Å²) in [6.45, 7) is 16.2. The molecule has 0 amide bonds. The molecule has 2 rings (SSSR count). The van der Waals surface area contributed by atoms with Crippen LogP contribution in [0.25, 0.3) is 0 Å². The summed E-state index contributed by atoms with van der Waals surface area (Å²) in [6, 6.07) is 3.63. The molecule has 0 bridgehead atoms. The number of pyridine rings is 1. The molecule has 1 aliphatic rings. The molecule has 1 fully saturated rings. The standard InChI is InChI=1S/C20H34ClNO4Si/c1-14-11-20(23-6,13-25-14)17-9-16(10-18(21)22-17)24-12-15(2)26-27(7,8)19(3,4)5/h9-10,14-15H,11-13H2,1-8H3/t14?,15?,20-/m0/s1. The second-order valence-corrected chi connectivity index (χ2v) is 14.2. The highest BCUT2D eigenvalue weighted by Gasteiger charge is 2.42. The molecule has 1 aromatic rings. The Balaban J connectivity index is 2.09. The van der Waals surface area contributed by atoms with Crippen LogP contribution in [0.5, 0.6) is 5.75 Å². The molecular weight excluding hydrogens is 382 g/mol. The SMILES string of the molecule is CO[C@]1(c2cc(OCC(C)O[Si](C)(C)C(C)(C)C)cc(Cl)n2)COC(C)C1. The van der Waals surface area contributed by atoms with E-state index in [1.165, 1.54) is 0 Å². The molecule has 0 radical (unpaired) electrons. The van der Waals surface area contributed by atoms with Gasteiger partial charge in [0.05, 0.1) is 24.5 Å². The maximum atomic E-state index is 6.36. The Morgan fingerprint density at radius 2 is 2.04 bits per heavy atom. The number of nitrogens with zero attached hydrogens (tertiary/aromatic N) is 1. The summed E-state index contributed by atoms with van der Waals surface area (Å²) in [5.74, 6) is 0.673. The number of methoxy groups -OCH3 is 1. The van der Waals surface area contributed by atoms with Crippen molar-refractivity contribution in [2.45, 2.75) is 77.0 Å². The van der Waals surface area contributed by atoms with Gasteiger partial charge in [-0.1, -0.05) is 32.4 Å². The van der Waals surface area contributed by atoms with Gasteiger partial charge in [-0.25, -0.2) is 4.98 Å². The van der Waals surface area contributed by atoms with Crippen LogP contribution in [0.15, 0.2) is 12.1 Å². The van der Waals surface area contributed by atoms with Crippen molar-refractivity contribution in [1.29, 1.82) is 0 Å². The summed E-state index contributed by atoms with van der Waals surface area (Å²) < 4.78 is 23.8. The molecule has 1 saturated heterocycles. The van der Waals surface area contributed by atoms with Crippen molar-refractivity contribution < 1.29 is 18.6 Å². The monoisotopic (exact) mass is 415 g/mol. The lowest BCUT2D eigenvalue weighted by molar-refractivity contribution is -0.0259. The zero-order valence-corrected chi connectivity index (χ0v) is 19.6. The van der Waals surface area contributed by atoms with E-state index < -0.39 is 13.9 Å². The molecule has 2 heterocycles. The van der Waals surface area contributed by atoms with Crippen LogP contribution in [0.1, 0.15) is 46.7 Å². The number of aromatic nitrogens is 1. The van der Waals surface area contributed by atoms with Gasteiger partial charge in [0.2, 0.25) is 0 Å². The Labute approximate surface area is 169 Å². The van der Waals surface area contributed by atoms with Gasteiger partial charge in [-0.2, -0.15) is 0 Å². The van der Waals surface area contributed by atoms with E-state index in [0.717, 1.165) is 12.1 Å². The molecule has 5 nitrogen and oxygen atoms in total. The van der Waals surface area contributed by atoms with Crippen molar-refractivity contribution >= 4 is 19.9 Å². The van der Waals surface area contributed by atoms with E-state index in [1.807, 2.05) is 19.9 Å². The van der Waals surface area contributed by atoms with E-state index in [0.29, 0.717) is 24.1 Å². The minimum absolute atomic E-state index is 0.00694. The number of halogens is 1. The van der Waals surface area contributed by atoms with Crippen molar-refractivity contribution in [3.8, 4) is 5.75 Å². The molecule has 0 aliphatic carbocycles. The highest BCUT2D eigenvalue weighted by molar-refractivity contribution is 6.74. The van der Waals surface area contributed by atoms with Crippen LogP contribution in [-0.2, 0) is 19.5 Å². The lowest BCUT2D eigenvalue weighted by atomic mass is 9.95. The van der Waals surface area contributed by atoms with Crippen LogP contribution in [0.4, 0.5) is 0 Å². The average molecular weight is 416 g/mol. The Morgan fingerprint density at radius 3 is 2.56 bits per heavy atom. The van der Waals surface area contributed by atoms with Gasteiger partial charge in [0.15, 0.2) is 8.32 Å². The first-order valence-electron chi connectivity index (χ1n) is 9.54. The fourth-order valence-electron chi connectivity index (χ4n) is 3.00. The highest BCUT2D eigenvalue weighted by Crippen LogP contribution is 2.39. The summed E-state index contributed by atoms with van der Waals surface area (Å²) in [4.78, 5) is 4.47. The summed E-state index contributed by atoms with van der Waals surface area (Å²) in [5.41, 5.74) is 0.168. The van der Waals surface area contributed by atoms with E-state index in [9.17, 15) is 0 Å². The predicted octanol–water partition coefficient (Wildman–Crippen LogP) is 5.17. The first-order valence-corrected chi connectivity index (χ1v) is 12.8. The van der Waals surface area contributed by atoms with E-state index in [4.69, 9.17) is 30.2 Å². The third-order valence-corrected chi connectivity index (χ3v) is 10.4. The third-order valence-electron chi connectivity index (χ3n) is 5.63. The third kappa shape index (κ3) is 5.45. The topological polar surface area (TPSA) is 49.8 Å². The minimum atomic E-state index is -1.83. The van der Waals surface area contributed by atoms with Crippen molar-refractivity contribution in [3.63, 3.8) is 0 Å². The molecule has 0 N–H and O–H groups in total. The summed E-state index contributed by atoms with van der Waals surface area (Å²) >= 11 is 6.25. The van der Waals surface area contributed by atoms with Gasteiger partial charge >= 0.3 is 0 Å². The first-order chi connectivity index (χ1) is 12.4. The molecule has 7 heteroatoms. The fourth-order valence-corrected chi connectivity index (χ4v) is 4.63. The molecule has 0 saturated carbocycles. The smallest absolute Gasteiger partial charge is 0.192 e. The molecule has 2 unspecified atom stereocenters. The second kappa shape index (κ2) is 8.37. The van der Waals surface area contributed by atoms with Gasteiger partial charge in [0.1, 0.15) is 23.1 Å². The van der Waals surface area contributed by atoms with Crippen LogP contribution in [0.2, 0.25) is 23.3 Å². The minimum Gasteiger partial charge on any atom is -0.491 e. The lowest BCUT2D eigenvalue weighted by Crippen LogP contribution is -2.44. The van der Waals surface area contributed by atoms with Gasteiger partial charge in [0, 0.05) is 25.7 Å². The molecule has 27 heavy (non-hydrogen) atoms. The quantitative estimate of drug-likeness (QED) is 0.454. The first kappa shape index (κ1) is 22.6. The Hall–Kier alpha value is -0.663. The largest absolute Gasteiger partial charge is 0.491 e. The van der Waals surface area contributed by atoms with Gasteiger partial charge in [-0.3, -0.25) is 0 Å². The summed E-state index contributed by atoms with van der Waals surface area (Å²) in [7, 11) is -0.149. The molecule has 0 spiro atoms. The van der Waals surface area contributed by atoms with Gasteiger partial charge in [-0.15, -0.1) is 0 Å². The van der Waals surface area contributed by atoms with Crippen molar-refractivity contribution in [2.75, 3.05) is 20.3 Å². The number of hydrogen-bond acceptors (Lipinski definition) is 5. The summed E-state index contributed by atoms with van der Waals surface area (Å²) in [6.07, 6.45) is 0.849. The Kier molecular flexibility index (Phi) is 7.02. The molecule has 3 atom stereocenters. The fraction of sp³-hybridized carbons (Fsp3) is 0.750. The van der Waals surface area contributed by atoms with E-state index in [1.54, 1.807) is 13.2 Å². The average Bonchev–Trinajstić information content (AvgIpc) is 2.93. The molecule has 0 aromatic carbocycles. The maximum absolute atomic E-state index is 6.36. The van der Waals surface area contributed by atoms with Crippen LogP contribution < -0.4 is 4.74 Å². The zero-order valence-electron chi connectivity index (χ0n) is 17.9. The van der Waals surface area contributed by atoms with Crippen LogP contribution in [0.3, 0.4) is 0 Å². The van der Waals surface area contributed by atoms with Crippen LogP contribution in [-0.4, -0.2) is 45.8 Å². The number of ether oxygens (including phenoxy) is 3. The second-order valence-electron chi connectivity index (χ2n) is 9.03. The van der Waals surface area contributed by atoms with Crippen LogP contribution >= 0.6 is 11.6 Å². The Bertz CT molecular complexity index is 649. The highest BCUT2D eigenvalue weighted by atomic mass is 35.5. The van der Waals surface area contributed by atoms with E-state index in [-0.39, 0.29) is 17.2 Å². The van der Waals surface area contributed by atoms with Crippen molar-refractivity contribution in [3.05, 3.63) is 23.0 Å². The van der Waals surface area contributed by atoms with Gasteiger partial charge in [-0.05, 0) is 32.0 Å². The number of hydrogen-bond donors (Lipinski definition) is 0. The van der Waals surface area contributed by atoms with E-state index >= 15 is 0 Å². The molecule has 1 aromatic heterocycles. The van der Waals surface area contributed by atoms with Crippen molar-refractivity contribution in [1.82, 2.24) is 4.98 Å². The lowest BCUT2D eigenvalue weighted by Gasteiger charge is -2.38. The number of rotatable bonds is 7.